The highest BCUT2D eigenvalue weighted by Gasteiger charge is 2.16. The average molecular weight is 327 g/mol. The number of carbonyl (C=O) groups is 1. The molecule has 23 heavy (non-hydrogen) atoms. The van der Waals surface area contributed by atoms with Gasteiger partial charge in [-0.2, -0.15) is 0 Å². The molecule has 2 atom stereocenters. The van der Waals surface area contributed by atoms with E-state index in [0.717, 1.165) is 11.3 Å². The quantitative estimate of drug-likeness (QED) is 0.825. The van der Waals surface area contributed by atoms with Gasteiger partial charge in [0.25, 0.3) is 0 Å². The fraction of sp³-hybridized carbons (Fsp3) is 0.350. The maximum Gasteiger partial charge on any atom is 0.233 e. The van der Waals surface area contributed by atoms with Crippen molar-refractivity contribution < 1.29 is 4.79 Å². The van der Waals surface area contributed by atoms with Gasteiger partial charge < -0.3 is 5.32 Å². The molecule has 0 radical (unpaired) electrons. The molecule has 2 aromatic rings. The van der Waals surface area contributed by atoms with Gasteiger partial charge in [-0.1, -0.05) is 48.5 Å². The highest BCUT2D eigenvalue weighted by atomic mass is 32.2. The molecule has 0 aromatic heterocycles. The van der Waals surface area contributed by atoms with Gasteiger partial charge in [-0.15, -0.1) is 11.8 Å². The molecule has 1 N–H and O–H groups in total. The maximum atomic E-state index is 12.4. The summed E-state index contributed by atoms with van der Waals surface area (Å²) < 4.78 is 0. The number of thioether (sulfide) groups is 1. The summed E-state index contributed by atoms with van der Waals surface area (Å²) in [6, 6.07) is 16.6. The zero-order chi connectivity index (χ0) is 16.8. The van der Waals surface area contributed by atoms with Crippen LogP contribution in [0.3, 0.4) is 0 Å². The third-order valence-corrected chi connectivity index (χ3v) is 5.32. The van der Waals surface area contributed by atoms with Crippen molar-refractivity contribution in [2.45, 2.75) is 44.7 Å². The standard InChI is InChI=1S/C20H25NOS/c1-14-10-11-19(12-15(14)2)16(3)21-20(22)17(4)23-13-18-8-6-5-7-9-18/h5-12,16-17H,13H2,1-4H3,(H,21,22)/t16-,17+/m1/s1. The third kappa shape index (κ3) is 5.14. The second-order valence-electron chi connectivity index (χ2n) is 6.01. The number of amides is 1. The first-order valence-electron chi connectivity index (χ1n) is 8.00. The minimum Gasteiger partial charge on any atom is -0.349 e. The van der Waals surface area contributed by atoms with E-state index in [1.54, 1.807) is 11.8 Å². The fourth-order valence-corrected chi connectivity index (χ4v) is 3.17. The van der Waals surface area contributed by atoms with Crippen LogP contribution in [0.15, 0.2) is 48.5 Å². The lowest BCUT2D eigenvalue weighted by Crippen LogP contribution is -2.33. The smallest absolute Gasteiger partial charge is 0.233 e. The molecule has 0 bridgehead atoms. The summed E-state index contributed by atoms with van der Waals surface area (Å²) in [6.07, 6.45) is 0. The van der Waals surface area contributed by atoms with Gasteiger partial charge in [0.1, 0.15) is 0 Å². The van der Waals surface area contributed by atoms with Crippen molar-refractivity contribution in [3.8, 4) is 0 Å². The van der Waals surface area contributed by atoms with Gasteiger partial charge in [0.05, 0.1) is 11.3 Å². The summed E-state index contributed by atoms with van der Waals surface area (Å²) in [5.41, 5.74) is 4.94. The van der Waals surface area contributed by atoms with Crippen molar-refractivity contribution >= 4 is 17.7 Å². The lowest BCUT2D eigenvalue weighted by atomic mass is 10.0. The van der Waals surface area contributed by atoms with Crippen LogP contribution in [0.2, 0.25) is 0 Å². The number of hydrogen-bond acceptors (Lipinski definition) is 2. The topological polar surface area (TPSA) is 29.1 Å². The normalized spacial score (nSPS) is 13.4. The van der Waals surface area contributed by atoms with Crippen molar-refractivity contribution in [3.05, 3.63) is 70.8 Å². The largest absolute Gasteiger partial charge is 0.349 e. The molecule has 0 fully saturated rings. The minimum absolute atomic E-state index is 0.0292. The van der Waals surface area contributed by atoms with Crippen LogP contribution in [0.4, 0.5) is 0 Å². The predicted octanol–water partition coefficient (Wildman–Crippen LogP) is 4.80. The van der Waals surface area contributed by atoms with E-state index in [0.29, 0.717) is 0 Å². The summed E-state index contributed by atoms with van der Waals surface area (Å²) in [5, 5.41) is 3.05. The molecule has 0 heterocycles. The molecule has 0 spiro atoms. The number of aryl methyl sites for hydroxylation is 2. The van der Waals surface area contributed by atoms with Crippen LogP contribution in [0, 0.1) is 13.8 Å². The molecule has 2 nitrogen and oxygen atoms in total. The molecule has 0 saturated carbocycles. The van der Waals surface area contributed by atoms with Crippen LogP contribution in [0.25, 0.3) is 0 Å². The molecular formula is C20H25NOS. The summed E-state index contributed by atoms with van der Waals surface area (Å²) >= 11 is 1.67. The van der Waals surface area contributed by atoms with Crippen LogP contribution in [-0.2, 0) is 10.5 Å². The fourth-order valence-electron chi connectivity index (χ4n) is 2.32. The third-order valence-electron chi connectivity index (χ3n) is 4.10. The molecule has 0 saturated heterocycles. The average Bonchev–Trinajstić information content (AvgIpc) is 2.55. The van der Waals surface area contributed by atoms with Crippen LogP contribution < -0.4 is 5.32 Å². The molecule has 2 rings (SSSR count). The Balaban J connectivity index is 1.88. The molecular weight excluding hydrogens is 302 g/mol. The Labute approximate surface area is 143 Å². The molecule has 3 heteroatoms. The van der Waals surface area contributed by atoms with Crippen molar-refractivity contribution in [3.63, 3.8) is 0 Å². The van der Waals surface area contributed by atoms with Gasteiger partial charge in [-0.3, -0.25) is 4.79 Å². The Morgan fingerprint density at radius 1 is 1.04 bits per heavy atom. The second-order valence-corrected chi connectivity index (χ2v) is 7.34. The number of carbonyl (C=O) groups excluding carboxylic acids is 1. The first-order chi connectivity index (χ1) is 11.0. The van der Waals surface area contributed by atoms with Gasteiger partial charge in [0.2, 0.25) is 5.91 Å². The Morgan fingerprint density at radius 2 is 1.74 bits per heavy atom. The molecule has 0 aliphatic carbocycles. The van der Waals surface area contributed by atoms with E-state index in [-0.39, 0.29) is 17.2 Å². The Kier molecular flexibility index (Phi) is 6.28. The molecule has 2 aromatic carbocycles. The van der Waals surface area contributed by atoms with Crippen LogP contribution >= 0.6 is 11.8 Å². The van der Waals surface area contributed by atoms with E-state index >= 15 is 0 Å². The summed E-state index contributed by atoms with van der Waals surface area (Å²) in [4.78, 5) is 12.4. The zero-order valence-corrected chi connectivity index (χ0v) is 15.1. The Hall–Kier alpha value is -1.74. The van der Waals surface area contributed by atoms with Crippen LogP contribution in [0.1, 0.15) is 42.1 Å². The van der Waals surface area contributed by atoms with Crippen molar-refractivity contribution in [2.24, 2.45) is 0 Å². The predicted molar refractivity (Wildman–Crippen MR) is 99.7 cm³/mol. The van der Waals surface area contributed by atoms with E-state index in [4.69, 9.17) is 0 Å². The number of rotatable bonds is 6. The van der Waals surface area contributed by atoms with Gasteiger partial charge >= 0.3 is 0 Å². The van der Waals surface area contributed by atoms with Gasteiger partial charge in [0.15, 0.2) is 0 Å². The highest BCUT2D eigenvalue weighted by Crippen LogP contribution is 2.20. The van der Waals surface area contributed by atoms with E-state index < -0.39 is 0 Å². The van der Waals surface area contributed by atoms with Gasteiger partial charge in [-0.25, -0.2) is 0 Å². The number of benzene rings is 2. The first kappa shape index (κ1) is 17.6. The molecule has 122 valence electrons. The van der Waals surface area contributed by atoms with Crippen molar-refractivity contribution in [2.75, 3.05) is 0 Å². The molecule has 0 unspecified atom stereocenters. The van der Waals surface area contributed by atoms with E-state index in [1.807, 2.05) is 32.0 Å². The monoisotopic (exact) mass is 327 g/mol. The van der Waals surface area contributed by atoms with Gasteiger partial charge in [0, 0.05) is 5.75 Å². The minimum atomic E-state index is -0.0656. The van der Waals surface area contributed by atoms with Crippen LogP contribution in [0.5, 0.6) is 0 Å². The van der Waals surface area contributed by atoms with E-state index in [1.165, 1.54) is 16.7 Å². The first-order valence-corrected chi connectivity index (χ1v) is 9.05. The summed E-state index contributed by atoms with van der Waals surface area (Å²) in [5.74, 6) is 0.949. The second kappa shape index (κ2) is 8.21. The Bertz CT molecular complexity index is 654. The lowest BCUT2D eigenvalue weighted by Gasteiger charge is -2.18. The zero-order valence-electron chi connectivity index (χ0n) is 14.3. The molecule has 1 amide bonds. The number of nitrogens with one attached hydrogen (secondary N) is 1. The maximum absolute atomic E-state index is 12.4. The SMILES string of the molecule is Cc1ccc([C@@H](C)NC(=O)[C@H](C)SCc2ccccc2)cc1C. The van der Waals surface area contributed by atoms with Crippen molar-refractivity contribution in [1.82, 2.24) is 5.32 Å². The van der Waals surface area contributed by atoms with Gasteiger partial charge in [-0.05, 0) is 49.9 Å². The summed E-state index contributed by atoms with van der Waals surface area (Å²) in [7, 11) is 0. The lowest BCUT2D eigenvalue weighted by molar-refractivity contribution is -0.120. The number of hydrogen-bond donors (Lipinski definition) is 1. The highest BCUT2D eigenvalue weighted by molar-refractivity contribution is 7.99. The summed E-state index contributed by atoms with van der Waals surface area (Å²) in [6.45, 7) is 8.21. The van der Waals surface area contributed by atoms with E-state index in [2.05, 4.69) is 49.5 Å². The molecule has 0 aliphatic rings. The molecule has 0 aliphatic heterocycles. The van der Waals surface area contributed by atoms with E-state index in [9.17, 15) is 4.79 Å². The van der Waals surface area contributed by atoms with Crippen molar-refractivity contribution in [1.29, 1.82) is 0 Å². The Morgan fingerprint density at radius 3 is 2.39 bits per heavy atom. The van der Waals surface area contributed by atoms with Crippen LogP contribution in [-0.4, -0.2) is 11.2 Å².